The smallest absolute Gasteiger partial charge is 0.123 e. The summed E-state index contributed by atoms with van der Waals surface area (Å²) in [6, 6.07) is 12.6. The quantitative estimate of drug-likeness (QED) is 0.681. The van der Waals surface area contributed by atoms with Crippen molar-refractivity contribution in [3.05, 3.63) is 52.2 Å². The molecule has 0 saturated carbocycles. The number of hydrogen-bond acceptors (Lipinski definition) is 3. The molecular weight excluding hydrogens is 266 g/mol. The van der Waals surface area contributed by atoms with E-state index in [9.17, 15) is 0 Å². The molecule has 3 heteroatoms. The van der Waals surface area contributed by atoms with Gasteiger partial charge in [-0.05, 0) is 23.9 Å². The topological polar surface area (TPSA) is 21.3 Å². The molecule has 1 heterocycles. The molecule has 1 aromatic carbocycles. The standard InChI is InChI=1S/C17H23NOS/c1-2-3-6-11-19-17-10-5-4-8-15(17)13-18-14-16-9-7-12-20-16/h4-5,7-10,12,18H,2-3,6,11,13-14H2,1H3. The van der Waals surface area contributed by atoms with Gasteiger partial charge >= 0.3 is 0 Å². The fraction of sp³-hybridized carbons (Fsp3) is 0.412. The second-order valence-corrected chi connectivity index (χ2v) is 5.88. The Kier molecular flexibility index (Phi) is 6.61. The summed E-state index contributed by atoms with van der Waals surface area (Å²) in [5.74, 6) is 1.02. The number of hydrogen-bond donors (Lipinski definition) is 1. The summed E-state index contributed by atoms with van der Waals surface area (Å²) < 4.78 is 5.89. The lowest BCUT2D eigenvalue weighted by Crippen LogP contribution is -2.13. The number of benzene rings is 1. The van der Waals surface area contributed by atoms with Gasteiger partial charge in [0.05, 0.1) is 6.61 Å². The van der Waals surface area contributed by atoms with E-state index in [1.54, 1.807) is 11.3 Å². The Balaban J connectivity index is 1.80. The summed E-state index contributed by atoms with van der Waals surface area (Å²) in [6.45, 7) is 4.79. The molecule has 0 aliphatic heterocycles. The van der Waals surface area contributed by atoms with Crippen molar-refractivity contribution in [2.75, 3.05) is 6.61 Å². The highest BCUT2D eigenvalue weighted by Gasteiger charge is 2.02. The summed E-state index contributed by atoms with van der Waals surface area (Å²) in [6.07, 6.45) is 3.60. The first-order valence-electron chi connectivity index (χ1n) is 7.34. The van der Waals surface area contributed by atoms with Gasteiger partial charge in [-0.2, -0.15) is 0 Å². The van der Waals surface area contributed by atoms with Gasteiger partial charge in [-0.1, -0.05) is 44.0 Å². The van der Waals surface area contributed by atoms with Gasteiger partial charge < -0.3 is 10.1 Å². The predicted octanol–water partition coefficient (Wildman–Crippen LogP) is 4.61. The van der Waals surface area contributed by atoms with Crippen molar-refractivity contribution < 1.29 is 4.74 Å². The van der Waals surface area contributed by atoms with Crippen LogP contribution in [-0.2, 0) is 13.1 Å². The second kappa shape index (κ2) is 8.77. The van der Waals surface area contributed by atoms with Gasteiger partial charge in [-0.25, -0.2) is 0 Å². The van der Waals surface area contributed by atoms with E-state index < -0.39 is 0 Å². The fourth-order valence-corrected chi connectivity index (χ4v) is 2.73. The van der Waals surface area contributed by atoms with Crippen LogP contribution in [0.5, 0.6) is 5.75 Å². The third-order valence-electron chi connectivity index (χ3n) is 3.17. The van der Waals surface area contributed by atoms with Gasteiger partial charge in [0, 0.05) is 23.5 Å². The van der Waals surface area contributed by atoms with E-state index in [2.05, 4.69) is 48.0 Å². The maximum absolute atomic E-state index is 5.89. The molecule has 1 aromatic heterocycles. The van der Waals surface area contributed by atoms with Crippen molar-refractivity contribution >= 4 is 11.3 Å². The Bertz CT molecular complexity index is 481. The molecule has 0 saturated heterocycles. The minimum absolute atomic E-state index is 0.815. The van der Waals surface area contributed by atoms with E-state index in [0.717, 1.165) is 31.9 Å². The fourth-order valence-electron chi connectivity index (χ4n) is 2.06. The lowest BCUT2D eigenvalue weighted by atomic mass is 10.2. The lowest BCUT2D eigenvalue weighted by Gasteiger charge is -2.11. The maximum atomic E-state index is 5.89. The van der Waals surface area contributed by atoms with Gasteiger partial charge in [0.2, 0.25) is 0 Å². The summed E-state index contributed by atoms with van der Waals surface area (Å²) in [5, 5.41) is 5.59. The van der Waals surface area contributed by atoms with Gasteiger partial charge in [-0.3, -0.25) is 0 Å². The second-order valence-electron chi connectivity index (χ2n) is 4.85. The molecule has 108 valence electrons. The summed E-state index contributed by atoms with van der Waals surface area (Å²) in [4.78, 5) is 1.37. The van der Waals surface area contributed by atoms with Gasteiger partial charge in [-0.15, -0.1) is 11.3 Å². The van der Waals surface area contributed by atoms with E-state index in [-0.39, 0.29) is 0 Å². The summed E-state index contributed by atoms with van der Waals surface area (Å²) in [7, 11) is 0. The van der Waals surface area contributed by atoms with Crippen LogP contribution in [0.2, 0.25) is 0 Å². The molecule has 0 spiro atoms. The third kappa shape index (κ3) is 4.99. The largest absolute Gasteiger partial charge is 0.493 e. The first-order valence-corrected chi connectivity index (χ1v) is 8.22. The normalized spacial score (nSPS) is 10.7. The average molecular weight is 289 g/mol. The molecule has 0 radical (unpaired) electrons. The number of para-hydroxylation sites is 1. The van der Waals surface area contributed by atoms with Crippen LogP contribution in [0.15, 0.2) is 41.8 Å². The molecule has 0 aliphatic carbocycles. The molecule has 0 aliphatic rings. The first-order chi connectivity index (χ1) is 9.90. The Morgan fingerprint density at radius 3 is 2.75 bits per heavy atom. The predicted molar refractivity (Wildman–Crippen MR) is 86.3 cm³/mol. The van der Waals surface area contributed by atoms with Crippen molar-refractivity contribution in [1.82, 2.24) is 5.32 Å². The minimum atomic E-state index is 0.815. The van der Waals surface area contributed by atoms with Crippen LogP contribution in [-0.4, -0.2) is 6.61 Å². The van der Waals surface area contributed by atoms with Crippen molar-refractivity contribution in [2.45, 2.75) is 39.3 Å². The molecule has 0 unspecified atom stereocenters. The summed E-state index contributed by atoms with van der Waals surface area (Å²) >= 11 is 1.79. The van der Waals surface area contributed by atoms with Crippen LogP contribution >= 0.6 is 11.3 Å². The SMILES string of the molecule is CCCCCOc1ccccc1CNCc1cccs1. The van der Waals surface area contributed by atoms with Gasteiger partial charge in [0.25, 0.3) is 0 Å². The van der Waals surface area contributed by atoms with Crippen LogP contribution in [0.3, 0.4) is 0 Å². The highest BCUT2D eigenvalue weighted by atomic mass is 32.1. The molecule has 2 rings (SSSR count). The van der Waals surface area contributed by atoms with Crippen molar-refractivity contribution in [3.8, 4) is 5.75 Å². The number of ether oxygens (including phenoxy) is 1. The van der Waals surface area contributed by atoms with Crippen LogP contribution in [0.25, 0.3) is 0 Å². The Hall–Kier alpha value is -1.32. The van der Waals surface area contributed by atoms with E-state index in [1.165, 1.54) is 23.3 Å². The highest BCUT2D eigenvalue weighted by Crippen LogP contribution is 2.18. The number of nitrogens with one attached hydrogen (secondary N) is 1. The van der Waals surface area contributed by atoms with Crippen molar-refractivity contribution in [1.29, 1.82) is 0 Å². The maximum Gasteiger partial charge on any atom is 0.123 e. The lowest BCUT2D eigenvalue weighted by molar-refractivity contribution is 0.302. The monoisotopic (exact) mass is 289 g/mol. The van der Waals surface area contributed by atoms with Crippen molar-refractivity contribution in [3.63, 3.8) is 0 Å². The third-order valence-corrected chi connectivity index (χ3v) is 4.05. The zero-order valence-corrected chi connectivity index (χ0v) is 12.9. The molecule has 0 fully saturated rings. The van der Waals surface area contributed by atoms with E-state index in [1.807, 2.05) is 6.07 Å². The molecular formula is C17H23NOS. The molecule has 0 atom stereocenters. The van der Waals surface area contributed by atoms with E-state index >= 15 is 0 Å². The Labute approximate surface area is 125 Å². The number of unbranched alkanes of at least 4 members (excludes halogenated alkanes) is 2. The van der Waals surface area contributed by atoms with Crippen LogP contribution < -0.4 is 10.1 Å². The van der Waals surface area contributed by atoms with Gasteiger partial charge in [0.1, 0.15) is 5.75 Å². The summed E-state index contributed by atoms with van der Waals surface area (Å²) in [5.41, 5.74) is 1.24. The Morgan fingerprint density at radius 2 is 1.95 bits per heavy atom. The molecule has 0 amide bonds. The molecule has 0 bridgehead atoms. The average Bonchev–Trinajstić information content (AvgIpc) is 2.98. The molecule has 2 aromatic rings. The highest BCUT2D eigenvalue weighted by molar-refractivity contribution is 7.09. The zero-order valence-electron chi connectivity index (χ0n) is 12.1. The minimum Gasteiger partial charge on any atom is -0.493 e. The molecule has 2 nitrogen and oxygen atoms in total. The molecule has 1 N–H and O–H groups in total. The Morgan fingerprint density at radius 1 is 1.05 bits per heavy atom. The first kappa shape index (κ1) is 15.1. The van der Waals surface area contributed by atoms with Crippen LogP contribution in [0.4, 0.5) is 0 Å². The number of thiophene rings is 1. The van der Waals surface area contributed by atoms with Crippen molar-refractivity contribution in [2.24, 2.45) is 0 Å². The van der Waals surface area contributed by atoms with Crippen LogP contribution in [0, 0.1) is 0 Å². The van der Waals surface area contributed by atoms with E-state index in [4.69, 9.17) is 4.74 Å². The van der Waals surface area contributed by atoms with Crippen LogP contribution in [0.1, 0.15) is 36.6 Å². The van der Waals surface area contributed by atoms with Gasteiger partial charge in [0.15, 0.2) is 0 Å². The zero-order chi connectivity index (χ0) is 14.0. The number of rotatable bonds is 9. The van der Waals surface area contributed by atoms with E-state index in [0.29, 0.717) is 0 Å². The molecule has 20 heavy (non-hydrogen) atoms.